The van der Waals surface area contributed by atoms with Crippen LogP contribution >= 0.6 is 23.2 Å². The zero-order valence-electron chi connectivity index (χ0n) is 10.2. The third-order valence-corrected chi connectivity index (χ3v) is 4.25. The van der Waals surface area contributed by atoms with Crippen molar-refractivity contribution >= 4 is 39.0 Å². The van der Waals surface area contributed by atoms with E-state index in [1.54, 1.807) is 0 Å². The van der Waals surface area contributed by atoms with Crippen LogP contribution in [0, 0.1) is 10.1 Å². The summed E-state index contributed by atoms with van der Waals surface area (Å²) in [5.74, 6) is -0.206. The van der Waals surface area contributed by atoms with E-state index in [0.717, 1.165) is 12.1 Å². The summed E-state index contributed by atoms with van der Waals surface area (Å²) >= 11 is 11.5. The highest BCUT2D eigenvalue weighted by Crippen LogP contribution is 2.32. The fourth-order valence-corrected chi connectivity index (χ4v) is 3.00. The lowest BCUT2D eigenvalue weighted by Gasteiger charge is -2.09. The summed E-state index contributed by atoms with van der Waals surface area (Å²) in [6, 6.07) is 8.85. The summed E-state index contributed by atoms with van der Waals surface area (Å²) < 4.78 is 29.2. The Morgan fingerprint density at radius 2 is 1.76 bits per heavy atom. The lowest BCUT2D eigenvalue weighted by atomic mass is 10.3. The van der Waals surface area contributed by atoms with Gasteiger partial charge in [-0.3, -0.25) is 10.1 Å². The van der Waals surface area contributed by atoms with Gasteiger partial charge in [-0.2, -0.15) is 8.42 Å². The molecule has 2 aromatic carbocycles. The summed E-state index contributed by atoms with van der Waals surface area (Å²) in [5.41, 5.74) is -0.587. The van der Waals surface area contributed by atoms with E-state index in [1.807, 2.05) is 0 Å². The van der Waals surface area contributed by atoms with Gasteiger partial charge in [0.2, 0.25) is 0 Å². The highest BCUT2D eigenvalue weighted by atomic mass is 35.5. The van der Waals surface area contributed by atoms with Crippen molar-refractivity contribution in [2.75, 3.05) is 0 Å². The van der Waals surface area contributed by atoms with Crippen molar-refractivity contribution < 1.29 is 17.5 Å². The maximum absolute atomic E-state index is 12.2. The lowest BCUT2D eigenvalue weighted by molar-refractivity contribution is -0.387. The molecule has 6 nitrogen and oxygen atoms in total. The first-order valence-electron chi connectivity index (χ1n) is 5.44. The molecule has 0 aliphatic heterocycles. The van der Waals surface area contributed by atoms with Crippen molar-refractivity contribution in [3.05, 3.63) is 62.6 Å². The second kappa shape index (κ2) is 5.88. The minimum Gasteiger partial charge on any atom is -0.377 e. The second-order valence-corrected chi connectivity index (χ2v) is 6.20. The molecule has 0 bridgehead atoms. The average molecular weight is 348 g/mol. The van der Waals surface area contributed by atoms with Gasteiger partial charge in [-0.05, 0) is 18.2 Å². The summed E-state index contributed by atoms with van der Waals surface area (Å²) in [6.07, 6.45) is 0. The van der Waals surface area contributed by atoms with Gasteiger partial charge in [-0.25, -0.2) is 0 Å². The standard InChI is InChI=1S/C12H7Cl2NO5S/c13-8-5-6-9(14)11(7-8)20-21(18,19)12-4-2-1-3-10(12)15(16)17/h1-7H. The van der Waals surface area contributed by atoms with Gasteiger partial charge in [0.25, 0.3) is 5.69 Å². The van der Waals surface area contributed by atoms with Crippen LogP contribution in [0.3, 0.4) is 0 Å². The Morgan fingerprint density at radius 1 is 1.10 bits per heavy atom. The zero-order chi connectivity index (χ0) is 15.6. The van der Waals surface area contributed by atoms with Gasteiger partial charge in [0.15, 0.2) is 10.6 Å². The number of nitrogens with zero attached hydrogens (tertiary/aromatic N) is 1. The Morgan fingerprint density at radius 3 is 2.43 bits per heavy atom. The highest BCUT2D eigenvalue weighted by molar-refractivity contribution is 7.87. The maximum atomic E-state index is 12.2. The van der Waals surface area contributed by atoms with Gasteiger partial charge in [0.05, 0.1) is 9.95 Å². The first-order valence-corrected chi connectivity index (χ1v) is 7.60. The van der Waals surface area contributed by atoms with E-state index in [9.17, 15) is 18.5 Å². The van der Waals surface area contributed by atoms with Crippen LogP contribution in [0.1, 0.15) is 0 Å². The number of hydrogen-bond donors (Lipinski definition) is 0. The maximum Gasteiger partial charge on any atom is 0.346 e. The number of para-hydroxylation sites is 1. The van der Waals surface area contributed by atoms with Gasteiger partial charge in [0.1, 0.15) is 0 Å². The number of rotatable bonds is 4. The molecule has 0 spiro atoms. The van der Waals surface area contributed by atoms with Crippen LogP contribution in [-0.4, -0.2) is 13.3 Å². The zero-order valence-corrected chi connectivity index (χ0v) is 12.5. The molecular weight excluding hydrogens is 341 g/mol. The average Bonchev–Trinajstić information content (AvgIpc) is 2.42. The molecule has 0 radical (unpaired) electrons. The van der Waals surface area contributed by atoms with Crippen molar-refractivity contribution in [2.45, 2.75) is 4.90 Å². The van der Waals surface area contributed by atoms with Gasteiger partial charge in [-0.1, -0.05) is 35.3 Å². The fourth-order valence-electron chi connectivity index (χ4n) is 1.52. The highest BCUT2D eigenvalue weighted by Gasteiger charge is 2.27. The Hall–Kier alpha value is -1.83. The second-order valence-electron chi connectivity index (χ2n) is 3.84. The Bertz CT molecular complexity index is 807. The molecule has 0 saturated carbocycles. The van der Waals surface area contributed by atoms with E-state index in [1.165, 1.54) is 30.3 Å². The van der Waals surface area contributed by atoms with Crippen LogP contribution in [-0.2, 0) is 10.1 Å². The minimum absolute atomic E-state index is 0.0153. The third-order valence-electron chi connectivity index (χ3n) is 2.42. The molecule has 0 aliphatic carbocycles. The van der Waals surface area contributed by atoms with Crippen molar-refractivity contribution in [2.24, 2.45) is 0 Å². The van der Waals surface area contributed by atoms with E-state index in [-0.39, 0.29) is 15.8 Å². The topological polar surface area (TPSA) is 86.5 Å². The molecule has 0 unspecified atom stereocenters. The molecule has 0 saturated heterocycles. The van der Waals surface area contributed by atoms with Crippen LogP contribution < -0.4 is 4.18 Å². The first kappa shape index (κ1) is 15.6. The Balaban J connectivity index is 2.49. The van der Waals surface area contributed by atoms with E-state index in [2.05, 4.69) is 0 Å². The van der Waals surface area contributed by atoms with Crippen molar-refractivity contribution in [3.63, 3.8) is 0 Å². The molecular formula is C12H7Cl2NO5S. The van der Waals surface area contributed by atoms with Crippen LogP contribution in [0.4, 0.5) is 5.69 Å². The fraction of sp³-hybridized carbons (Fsp3) is 0. The summed E-state index contributed by atoms with van der Waals surface area (Å²) in [7, 11) is -4.41. The van der Waals surface area contributed by atoms with Crippen molar-refractivity contribution in [1.82, 2.24) is 0 Å². The summed E-state index contributed by atoms with van der Waals surface area (Å²) in [5, 5.41) is 11.1. The first-order chi connectivity index (χ1) is 9.81. The van der Waals surface area contributed by atoms with Gasteiger partial charge in [0, 0.05) is 17.2 Å². The largest absolute Gasteiger partial charge is 0.377 e. The number of hydrogen-bond acceptors (Lipinski definition) is 5. The van der Waals surface area contributed by atoms with Gasteiger partial charge in [-0.15, -0.1) is 0 Å². The monoisotopic (exact) mass is 347 g/mol. The number of nitro benzene ring substituents is 1. The quantitative estimate of drug-likeness (QED) is 0.478. The summed E-state index contributed by atoms with van der Waals surface area (Å²) in [6.45, 7) is 0. The van der Waals surface area contributed by atoms with E-state index >= 15 is 0 Å². The Kier molecular flexibility index (Phi) is 4.36. The molecule has 0 aliphatic rings. The molecule has 2 rings (SSSR count). The van der Waals surface area contributed by atoms with E-state index < -0.39 is 25.6 Å². The van der Waals surface area contributed by atoms with Gasteiger partial charge < -0.3 is 4.18 Å². The van der Waals surface area contributed by atoms with Crippen LogP contribution in [0.15, 0.2) is 47.4 Å². The minimum atomic E-state index is -4.41. The smallest absolute Gasteiger partial charge is 0.346 e. The molecule has 110 valence electrons. The number of halogens is 2. The molecule has 0 N–H and O–H groups in total. The molecule has 9 heteroatoms. The van der Waals surface area contributed by atoms with Crippen LogP contribution in [0.2, 0.25) is 10.0 Å². The Labute approximate surface area is 130 Å². The third kappa shape index (κ3) is 3.44. The summed E-state index contributed by atoms with van der Waals surface area (Å²) in [4.78, 5) is 9.51. The number of nitro groups is 1. The normalized spacial score (nSPS) is 11.1. The lowest BCUT2D eigenvalue weighted by Crippen LogP contribution is -2.12. The van der Waals surface area contributed by atoms with Crippen molar-refractivity contribution in [3.8, 4) is 5.75 Å². The van der Waals surface area contributed by atoms with Crippen LogP contribution in [0.25, 0.3) is 0 Å². The molecule has 2 aromatic rings. The SMILES string of the molecule is O=[N+]([O-])c1ccccc1S(=O)(=O)Oc1cc(Cl)ccc1Cl. The molecule has 0 atom stereocenters. The molecule has 21 heavy (non-hydrogen) atoms. The van der Waals surface area contributed by atoms with Gasteiger partial charge >= 0.3 is 10.1 Å². The predicted molar refractivity (Wildman–Crippen MR) is 77.4 cm³/mol. The van der Waals surface area contributed by atoms with Crippen molar-refractivity contribution in [1.29, 1.82) is 0 Å². The van der Waals surface area contributed by atoms with E-state index in [0.29, 0.717) is 0 Å². The van der Waals surface area contributed by atoms with Crippen LogP contribution in [0.5, 0.6) is 5.75 Å². The predicted octanol–water partition coefficient (Wildman–Crippen LogP) is 3.67. The van der Waals surface area contributed by atoms with E-state index in [4.69, 9.17) is 27.4 Å². The molecule has 0 amide bonds. The molecule has 0 fully saturated rings. The molecule has 0 aromatic heterocycles. The molecule has 0 heterocycles. The number of benzene rings is 2.